The van der Waals surface area contributed by atoms with E-state index in [4.69, 9.17) is 4.74 Å². The van der Waals surface area contributed by atoms with E-state index in [9.17, 15) is 9.59 Å². The minimum absolute atomic E-state index is 0. The summed E-state index contributed by atoms with van der Waals surface area (Å²) in [6, 6.07) is 5.03. The Bertz CT molecular complexity index is 421. The first kappa shape index (κ1) is 22.9. The maximum atomic E-state index is 11.6. The van der Waals surface area contributed by atoms with Gasteiger partial charge in [-0.2, -0.15) is 0 Å². The highest BCUT2D eigenvalue weighted by Gasteiger charge is 2.07. The summed E-state index contributed by atoms with van der Waals surface area (Å²) >= 11 is 0. The van der Waals surface area contributed by atoms with Crippen molar-refractivity contribution in [1.29, 1.82) is 0 Å². The number of ether oxygens (including phenoxy) is 1. The van der Waals surface area contributed by atoms with Crippen LogP contribution in [0.3, 0.4) is 0 Å². The molecule has 3 N–H and O–H groups in total. The van der Waals surface area contributed by atoms with Crippen LogP contribution in [-0.4, -0.2) is 56.7 Å². The van der Waals surface area contributed by atoms with Gasteiger partial charge in [-0.25, -0.2) is 0 Å². The highest BCUT2D eigenvalue weighted by molar-refractivity contribution is 5.94. The first-order chi connectivity index (χ1) is 9.74. The van der Waals surface area contributed by atoms with Crippen molar-refractivity contribution in [2.75, 3.05) is 39.9 Å². The fraction of sp³-hybridized carbons (Fsp3) is 0.462. The molecule has 0 spiro atoms. The summed E-state index contributed by atoms with van der Waals surface area (Å²) in [5.74, 6) is -0.596. The lowest BCUT2D eigenvalue weighted by Crippen LogP contribution is -2.40. The van der Waals surface area contributed by atoms with Crippen molar-refractivity contribution in [2.45, 2.75) is 0 Å². The van der Waals surface area contributed by atoms with Crippen molar-refractivity contribution in [3.63, 3.8) is 0 Å². The molecule has 7 nitrogen and oxygen atoms in total. The Morgan fingerprint density at radius 3 is 2.55 bits per heavy atom. The topological polar surface area (TPSA) is 92.4 Å². The van der Waals surface area contributed by atoms with Crippen molar-refractivity contribution in [1.82, 2.24) is 20.9 Å². The summed E-state index contributed by atoms with van der Waals surface area (Å²) in [4.78, 5) is 27.0. The lowest BCUT2D eigenvalue weighted by Gasteiger charge is -2.07. The molecule has 0 aliphatic carbocycles. The van der Waals surface area contributed by atoms with Crippen LogP contribution in [0.4, 0.5) is 0 Å². The number of amides is 2. The van der Waals surface area contributed by atoms with Gasteiger partial charge in [-0.05, 0) is 12.1 Å². The normalized spacial score (nSPS) is 9.14. The van der Waals surface area contributed by atoms with Crippen LogP contribution in [0.1, 0.15) is 10.5 Å². The van der Waals surface area contributed by atoms with Crippen molar-refractivity contribution in [3.8, 4) is 0 Å². The zero-order valence-corrected chi connectivity index (χ0v) is 14.0. The van der Waals surface area contributed by atoms with Gasteiger partial charge in [0.2, 0.25) is 5.91 Å². The largest absolute Gasteiger partial charge is 0.383 e. The summed E-state index contributed by atoms with van der Waals surface area (Å²) < 4.78 is 4.87. The average molecular weight is 353 g/mol. The van der Waals surface area contributed by atoms with E-state index >= 15 is 0 Å². The molecule has 2 amide bonds. The molecule has 0 atom stereocenters. The summed E-state index contributed by atoms with van der Waals surface area (Å²) in [5.41, 5.74) is 0.293. The molecule has 0 aromatic carbocycles. The number of halogens is 2. The molecule has 22 heavy (non-hydrogen) atoms. The van der Waals surface area contributed by atoms with E-state index in [2.05, 4.69) is 20.9 Å². The third-order valence-corrected chi connectivity index (χ3v) is 2.41. The predicted octanol–water partition coefficient (Wildman–Crippen LogP) is 0.00720. The molecule has 0 saturated heterocycles. The molecule has 1 heterocycles. The third kappa shape index (κ3) is 10.3. The highest BCUT2D eigenvalue weighted by Crippen LogP contribution is 1.91. The molecule has 0 radical (unpaired) electrons. The van der Waals surface area contributed by atoms with E-state index in [0.717, 1.165) is 6.54 Å². The molecule has 0 saturated carbocycles. The first-order valence-corrected chi connectivity index (χ1v) is 6.39. The van der Waals surface area contributed by atoms with Gasteiger partial charge in [-0.1, -0.05) is 6.07 Å². The molecular formula is C13H22Cl2N4O3. The Labute approximate surface area is 142 Å². The minimum Gasteiger partial charge on any atom is -0.383 e. The second-order valence-electron chi connectivity index (χ2n) is 3.99. The second kappa shape index (κ2) is 14.5. The average Bonchev–Trinajstić information content (AvgIpc) is 2.49. The smallest absolute Gasteiger partial charge is 0.270 e. The van der Waals surface area contributed by atoms with Gasteiger partial charge in [-0.3, -0.25) is 14.6 Å². The number of hydrogen-bond donors (Lipinski definition) is 3. The van der Waals surface area contributed by atoms with Gasteiger partial charge in [0.25, 0.3) is 5.91 Å². The first-order valence-electron chi connectivity index (χ1n) is 6.39. The Morgan fingerprint density at radius 2 is 1.91 bits per heavy atom. The molecule has 0 bridgehead atoms. The van der Waals surface area contributed by atoms with Gasteiger partial charge >= 0.3 is 0 Å². The number of carbonyl (C=O) groups is 2. The maximum Gasteiger partial charge on any atom is 0.270 e. The van der Waals surface area contributed by atoms with Crippen molar-refractivity contribution >= 4 is 36.6 Å². The lowest BCUT2D eigenvalue weighted by molar-refractivity contribution is -0.120. The number of nitrogens with zero attached hydrogens (tertiary/aromatic N) is 1. The van der Waals surface area contributed by atoms with E-state index in [-0.39, 0.29) is 43.2 Å². The predicted molar refractivity (Wildman–Crippen MR) is 88.8 cm³/mol. The number of carbonyl (C=O) groups excluding carboxylic acids is 2. The van der Waals surface area contributed by atoms with Crippen LogP contribution in [0, 0.1) is 0 Å². The second-order valence-corrected chi connectivity index (χ2v) is 3.99. The molecule has 1 aromatic rings. The van der Waals surface area contributed by atoms with Crippen molar-refractivity contribution in [3.05, 3.63) is 30.1 Å². The van der Waals surface area contributed by atoms with Crippen LogP contribution >= 0.6 is 24.8 Å². The van der Waals surface area contributed by atoms with Crippen LogP contribution in [0.2, 0.25) is 0 Å². The lowest BCUT2D eigenvalue weighted by atomic mass is 10.3. The molecule has 0 unspecified atom stereocenters. The zero-order valence-electron chi connectivity index (χ0n) is 12.3. The molecule has 0 aliphatic rings. The van der Waals surface area contributed by atoms with Gasteiger partial charge in [0.1, 0.15) is 5.69 Å². The van der Waals surface area contributed by atoms with E-state index in [1.807, 2.05) is 0 Å². The van der Waals surface area contributed by atoms with E-state index in [0.29, 0.717) is 25.4 Å². The Kier molecular flexibility index (Phi) is 15.1. The van der Waals surface area contributed by atoms with E-state index in [1.54, 1.807) is 25.3 Å². The van der Waals surface area contributed by atoms with Crippen LogP contribution in [-0.2, 0) is 9.53 Å². The third-order valence-electron chi connectivity index (χ3n) is 2.41. The van der Waals surface area contributed by atoms with Gasteiger partial charge in [-0.15, -0.1) is 24.8 Å². The van der Waals surface area contributed by atoms with Crippen LogP contribution < -0.4 is 16.0 Å². The quantitative estimate of drug-likeness (QED) is 0.544. The molecule has 9 heteroatoms. The Morgan fingerprint density at radius 1 is 1.14 bits per heavy atom. The van der Waals surface area contributed by atoms with Gasteiger partial charge < -0.3 is 20.7 Å². The fourth-order valence-corrected chi connectivity index (χ4v) is 1.40. The summed E-state index contributed by atoms with van der Waals surface area (Å²) in [5, 5.41) is 8.29. The highest BCUT2D eigenvalue weighted by atomic mass is 35.5. The zero-order chi connectivity index (χ0) is 14.6. The molecule has 126 valence electrons. The minimum atomic E-state index is -0.362. The number of pyridine rings is 1. The Balaban J connectivity index is 0. The molecule has 1 rings (SSSR count). The van der Waals surface area contributed by atoms with Crippen LogP contribution in [0.15, 0.2) is 24.4 Å². The van der Waals surface area contributed by atoms with E-state index in [1.165, 1.54) is 6.20 Å². The van der Waals surface area contributed by atoms with Crippen molar-refractivity contribution < 1.29 is 14.3 Å². The van der Waals surface area contributed by atoms with Crippen molar-refractivity contribution in [2.24, 2.45) is 0 Å². The molecule has 0 aliphatic heterocycles. The van der Waals surface area contributed by atoms with Crippen LogP contribution in [0.5, 0.6) is 0 Å². The summed E-state index contributed by atoms with van der Waals surface area (Å²) in [7, 11) is 1.63. The summed E-state index contributed by atoms with van der Waals surface area (Å²) in [6.07, 6.45) is 1.53. The summed E-state index contributed by atoms with van der Waals surface area (Å²) in [6.45, 7) is 2.47. The molecule has 1 aromatic heterocycles. The molecule has 0 fully saturated rings. The monoisotopic (exact) mass is 352 g/mol. The van der Waals surface area contributed by atoms with Crippen LogP contribution in [0.25, 0.3) is 0 Å². The number of aromatic nitrogens is 1. The van der Waals surface area contributed by atoms with Gasteiger partial charge in [0, 0.05) is 32.9 Å². The van der Waals surface area contributed by atoms with Gasteiger partial charge in [0.05, 0.1) is 13.2 Å². The SMILES string of the molecule is COCCNCCNC(=O)CNC(=O)c1ccccn1.Cl.Cl. The number of rotatable bonds is 9. The van der Waals surface area contributed by atoms with E-state index < -0.39 is 0 Å². The number of methoxy groups -OCH3 is 1. The standard InChI is InChI=1S/C13H20N4O3.2ClH/c1-20-9-8-14-6-7-16-12(18)10-17-13(19)11-4-2-3-5-15-11;;/h2-5,14H,6-10H2,1H3,(H,16,18)(H,17,19);2*1H. The molecular weight excluding hydrogens is 331 g/mol. The maximum absolute atomic E-state index is 11.6. The van der Waals surface area contributed by atoms with Gasteiger partial charge in [0.15, 0.2) is 0 Å². The Hall–Kier alpha value is -1.41. The number of nitrogens with one attached hydrogen (secondary N) is 3. The fourth-order valence-electron chi connectivity index (χ4n) is 1.40. The number of hydrogen-bond acceptors (Lipinski definition) is 5.